The molecule has 25 heavy (non-hydrogen) atoms. The largest absolute Gasteiger partial charge is 0.492 e. The molecule has 2 amide bonds. The van der Waals surface area contributed by atoms with E-state index in [1.165, 1.54) is 4.90 Å². The van der Waals surface area contributed by atoms with E-state index in [4.69, 9.17) is 9.47 Å². The number of nitrogens with one attached hydrogen (secondary N) is 1. The average Bonchev–Trinajstić information content (AvgIpc) is 2.61. The van der Waals surface area contributed by atoms with E-state index in [1.807, 2.05) is 25.1 Å². The van der Waals surface area contributed by atoms with E-state index < -0.39 is 6.10 Å². The van der Waals surface area contributed by atoms with Gasteiger partial charge in [0.2, 0.25) is 5.91 Å². The molecule has 6 heteroatoms. The van der Waals surface area contributed by atoms with E-state index in [9.17, 15) is 9.59 Å². The van der Waals surface area contributed by atoms with Gasteiger partial charge in [-0.15, -0.1) is 0 Å². The number of anilines is 2. The number of benzene rings is 2. The first kappa shape index (κ1) is 16.8. The number of carbonyl (C=O) groups is 2. The van der Waals surface area contributed by atoms with E-state index in [2.05, 4.69) is 5.32 Å². The quantitative estimate of drug-likeness (QED) is 0.909. The first-order valence-electron chi connectivity index (χ1n) is 8.19. The van der Waals surface area contributed by atoms with Crippen molar-refractivity contribution in [3.8, 4) is 11.5 Å². The molecule has 1 heterocycles. The number of rotatable bonds is 5. The second kappa shape index (κ2) is 7.25. The zero-order valence-electron chi connectivity index (χ0n) is 14.2. The highest BCUT2D eigenvalue weighted by Gasteiger charge is 2.32. The van der Waals surface area contributed by atoms with Gasteiger partial charge in [0.25, 0.3) is 5.91 Å². The molecule has 2 aromatic rings. The summed E-state index contributed by atoms with van der Waals surface area (Å²) in [6, 6.07) is 14.4. The van der Waals surface area contributed by atoms with Crippen LogP contribution in [-0.2, 0) is 9.59 Å². The van der Waals surface area contributed by atoms with Gasteiger partial charge in [0, 0.05) is 0 Å². The molecule has 0 unspecified atom stereocenters. The summed E-state index contributed by atoms with van der Waals surface area (Å²) in [7, 11) is 0. The zero-order chi connectivity index (χ0) is 17.8. The number of hydrogen-bond donors (Lipinski definition) is 1. The van der Waals surface area contributed by atoms with Gasteiger partial charge in [0.15, 0.2) is 6.10 Å². The summed E-state index contributed by atoms with van der Waals surface area (Å²) >= 11 is 0. The summed E-state index contributed by atoms with van der Waals surface area (Å²) in [4.78, 5) is 26.4. The van der Waals surface area contributed by atoms with Crippen LogP contribution in [0, 0.1) is 0 Å². The number of fused-ring (bicyclic) bond motifs is 1. The molecule has 0 saturated heterocycles. The fraction of sp³-hybridized carbons (Fsp3) is 0.263. The third-order valence-electron chi connectivity index (χ3n) is 3.84. The van der Waals surface area contributed by atoms with Gasteiger partial charge in [0.05, 0.1) is 18.0 Å². The summed E-state index contributed by atoms with van der Waals surface area (Å²) in [5, 5.41) is 2.81. The molecule has 0 aromatic heterocycles. The molecule has 0 spiro atoms. The van der Waals surface area contributed by atoms with Gasteiger partial charge in [-0.25, -0.2) is 0 Å². The molecule has 6 nitrogen and oxygen atoms in total. The van der Waals surface area contributed by atoms with Crippen molar-refractivity contribution >= 4 is 23.2 Å². The van der Waals surface area contributed by atoms with Crippen molar-refractivity contribution < 1.29 is 19.1 Å². The summed E-state index contributed by atoms with van der Waals surface area (Å²) in [5.41, 5.74) is 1.18. The summed E-state index contributed by atoms with van der Waals surface area (Å²) < 4.78 is 11.1. The molecule has 2 aromatic carbocycles. The Kier molecular flexibility index (Phi) is 4.88. The van der Waals surface area contributed by atoms with Crippen molar-refractivity contribution in [1.82, 2.24) is 0 Å². The maximum Gasteiger partial charge on any atom is 0.268 e. The van der Waals surface area contributed by atoms with Crippen LogP contribution in [0.15, 0.2) is 48.5 Å². The average molecular weight is 340 g/mol. The topological polar surface area (TPSA) is 67.9 Å². The highest BCUT2D eigenvalue weighted by molar-refractivity contribution is 6.06. The van der Waals surface area contributed by atoms with Crippen LogP contribution >= 0.6 is 0 Å². The fourth-order valence-electron chi connectivity index (χ4n) is 2.71. The Morgan fingerprint density at radius 3 is 2.72 bits per heavy atom. The molecule has 1 N–H and O–H groups in total. The van der Waals surface area contributed by atoms with Gasteiger partial charge in [-0.05, 0) is 38.1 Å². The van der Waals surface area contributed by atoms with Crippen LogP contribution in [0.4, 0.5) is 11.4 Å². The first-order chi connectivity index (χ1) is 12.1. The van der Waals surface area contributed by atoms with Crippen molar-refractivity contribution in [3.63, 3.8) is 0 Å². The molecule has 1 aliphatic rings. The lowest BCUT2D eigenvalue weighted by molar-refractivity contribution is -0.127. The smallest absolute Gasteiger partial charge is 0.268 e. The van der Waals surface area contributed by atoms with E-state index in [1.54, 1.807) is 37.3 Å². The minimum absolute atomic E-state index is 0.0932. The van der Waals surface area contributed by atoms with Gasteiger partial charge < -0.3 is 14.8 Å². The van der Waals surface area contributed by atoms with Gasteiger partial charge >= 0.3 is 0 Å². The molecular formula is C19H20N2O4. The molecule has 3 rings (SSSR count). The minimum atomic E-state index is -0.626. The number of ether oxygens (including phenoxy) is 2. The predicted octanol–water partition coefficient (Wildman–Crippen LogP) is 2.84. The highest BCUT2D eigenvalue weighted by Crippen LogP contribution is 2.33. The molecule has 0 fully saturated rings. The molecule has 130 valence electrons. The lowest BCUT2D eigenvalue weighted by Gasteiger charge is -2.32. The molecule has 1 aliphatic heterocycles. The molecule has 0 aliphatic carbocycles. The second-order valence-electron chi connectivity index (χ2n) is 5.63. The SMILES string of the molecule is CCOc1ccccc1NC(=O)CN1C(=O)[C@@H](C)Oc2ccccc21. The highest BCUT2D eigenvalue weighted by atomic mass is 16.5. The minimum Gasteiger partial charge on any atom is -0.492 e. The zero-order valence-corrected chi connectivity index (χ0v) is 14.2. The van der Waals surface area contributed by atoms with Crippen LogP contribution in [0.25, 0.3) is 0 Å². The Hall–Kier alpha value is -3.02. The number of nitrogens with zero attached hydrogens (tertiary/aromatic N) is 1. The Morgan fingerprint density at radius 1 is 1.20 bits per heavy atom. The van der Waals surface area contributed by atoms with Crippen molar-refractivity contribution in [2.45, 2.75) is 20.0 Å². The van der Waals surface area contributed by atoms with E-state index in [0.29, 0.717) is 29.5 Å². The molecule has 0 bridgehead atoms. The number of carbonyl (C=O) groups excluding carboxylic acids is 2. The monoisotopic (exact) mass is 340 g/mol. The summed E-state index contributed by atoms with van der Waals surface area (Å²) in [6.45, 7) is 3.96. The molecule has 0 radical (unpaired) electrons. The maximum absolute atomic E-state index is 12.5. The van der Waals surface area contributed by atoms with Gasteiger partial charge in [0.1, 0.15) is 18.0 Å². The Bertz CT molecular complexity index is 790. The number of para-hydroxylation sites is 4. The van der Waals surface area contributed by atoms with E-state index >= 15 is 0 Å². The van der Waals surface area contributed by atoms with Gasteiger partial charge in [-0.3, -0.25) is 14.5 Å². The lowest BCUT2D eigenvalue weighted by Crippen LogP contribution is -2.47. The van der Waals surface area contributed by atoms with Crippen molar-refractivity contribution in [2.24, 2.45) is 0 Å². The normalized spacial score (nSPS) is 16.0. The molecule has 1 atom stereocenters. The number of hydrogen-bond acceptors (Lipinski definition) is 4. The van der Waals surface area contributed by atoms with Crippen molar-refractivity contribution in [2.75, 3.05) is 23.4 Å². The predicted molar refractivity (Wildman–Crippen MR) is 95.1 cm³/mol. The first-order valence-corrected chi connectivity index (χ1v) is 8.19. The van der Waals surface area contributed by atoms with E-state index in [-0.39, 0.29) is 18.4 Å². The fourth-order valence-corrected chi connectivity index (χ4v) is 2.71. The maximum atomic E-state index is 12.5. The second-order valence-corrected chi connectivity index (χ2v) is 5.63. The van der Waals surface area contributed by atoms with Crippen LogP contribution < -0.4 is 19.7 Å². The third-order valence-corrected chi connectivity index (χ3v) is 3.84. The van der Waals surface area contributed by atoms with Gasteiger partial charge in [-0.2, -0.15) is 0 Å². The summed E-state index contributed by atoms with van der Waals surface area (Å²) in [5.74, 6) is 0.647. The van der Waals surface area contributed by atoms with Crippen molar-refractivity contribution in [3.05, 3.63) is 48.5 Å². The number of amides is 2. The van der Waals surface area contributed by atoms with Crippen LogP contribution in [0.1, 0.15) is 13.8 Å². The van der Waals surface area contributed by atoms with Gasteiger partial charge in [-0.1, -0.05) is 24.3 Å². The van der Waals surface area contributed by atoms with Crippen molar-refractivity contribution in [1.29, 1.82) is 0 Å². The van der Waals surface area contributed by atoms with Crippen LogP contribution in [0.5, 0.6) is 11.5 Å². The molecule has 0 saturated carbocycles. The summed E-state index contributed by atoms with van der Waals surface area (Å²) in [6.07, 6.45) is -0.626. The van der Waals surface area contributed by atoms with Crippen LogP contribution in [-0.4, -0.2) is 31.1 Å². The molecular weight excluding hydrogens is 320 g/mol. The standard InChI is InChI=1S/C19H20N2O4/c1-3-24-16-10-6-4-8-14(16)20-18(22)12-21-15-9-5-7-11-17(15)25-13(2)19(21)23/h4-11,13H,3,12H2,1-2H3,(H,20,22)/t13-/m1/s1. The lowest BCUT2D eigenvalue weighted by atomic mass is 10.2. The Balaban J connectivity index is 1.78. The third kappa shape index (κ3) is 3.57. The Morgan fingerprint density at radius 2 is 1.92 bits per heavy atom. The van der Waals surface area contributed by atoms with Crippen LogP contribution in [0.3, 0.4) is 0 Å². The van der Waals surface area contributed by atoms with Crippen LogP contribution in [0.2, 0.25) is 0 Å². The van der Waals surface area contributed by atoms with E-state index in [0.717, 1.165) is 0 Å². The Labute approximate surface area is 146 Å².